The van der Waals surface area contributed by atoms with Gasteiger partial charge < -0.3 is 5.32 Å². The van der Waals surface area contributed by atoms with Crippen molar-refractivity contribution in [3.63, 3.8) is 0 Å². The Morgan fingerprint density at radius 1 is 1.12 bits per heavy atom. The van der Waals surface area contributed by atoms with Crippen LogP contribution in [0.1, 0.15) is 48.8 Å². The van der Waals surface area contributed by atoms with Crippen molar-refractivity contribution in [2.24, 2.45) is 0 Å². The third-order valence-electron chi connectivity index (χ3n) is 3.93. The second-order valence-electron chi connectivity index (χ2n) is 5.47. The van der Waals surface area contributed by atoms with Crippen LogP contribution < -0.4 is 5.32 Å². The van der Waals surface area contributed by atoms with Crippen LogP contribution >= 0.6 is 0 Å². The van der Waals surface area contributed by atoms with E-state index in [-0.39, 0.29) is 0 Å². The zero-order valence-corrected chi connectivity index (χ0v) is 11.3. The van der Waals surface area contributed by atoms with Gasteiger partial charge in [-0.3, -0.25) is 0 Å². The van der Waals surface area contributed by atoms with E-state index in [0.29, 0.717) is 0 Å². The number of benzene rings is 1. The molecule has 94 valence electrons. The lowest BCUT2D eigenvalue weighted by Crippen LogP contribution is -2.32. The second-order valence-corrected chi connectivity index (χ2v) is 5.47. The molecule has 0 amide bonds. The molecule has 1 nitrogen and oxygen atoms in total. The monoisotopic (exact) mass is 231 g/mol. The topological polar surface area (TPSA) is 12.0 Å². The molecule has 0 atom stereocenters. The van der Waals surface area contributed by atoms with E-state index >= 15 is 0 Å². The number of hydrogen-bond donors (Lipinski definition) is 1. The van der Waals surface area contributed by atoms with Gasteiger partial charge in [-0.15, -0.1) is 0 Å². The molecule has 0 unspecified atom stereocenters. The van der Waals surface area contributed by atoms with Crippen LogP contribution in [0.25, 0.3) is 0 Å². The molecule has 0 bridgehead atoms. The maximum atomic E-state index is 3.71. The molecule has 0 spiro atoms. The summed E-state index contributed by atoms with van der Waals surface area (Å²) in [6, 6.07) is 7.58. The lowest BCUT2D eigenvalue weighted by molar-refractivity contribution is 0.375. The summed E-state index contributed by atoms with van der Waals surface area (Å²) in [5.41, 5.74) is 4.31. The van der Waals surface area contributed by atoms with Gasteiger partial charge in [0.05, 0.1) is 0 Å². The zero-order valence-electron chi connectivity index (χ0n) is 11.3. The summed E-state index contributed by atoms with van der Waals surface area (Å²) in [7, 11) is 0. The van der Waals surface area contributed by atoms with Gasteiger partial charge in [-0.05, 0) is 50.8 Å². The van der Waals surface area contributed by atoms with Crippen molar-refractivity contribution in [2.75, 3.05) is 6.54 Å². The van der Waals surface area contributed by atoms with Gasteiger partial charge in [0.25, 0.3) is 0 Å². The molecular weight excluding hydrogens is 206 g/mol. The van der Waals surface area contributed by atoms with Crippen LogP contribution in [-0.4, -0.2) is 12.6 Å². The van der Waals surface area contributed by atoms with Crippen molar-refractivity contribution in [3.05, 3.63) is 34.9 Å². The maximum Gasteiger partial charge on any atom is 0.00671 e. The zero-order chi connectivity index (χ0) is 12.1. The molecule has 0 aromatic heterocycles. The van der Waals surface area contributed by atoms with E-state index in [1.807, 2.05) is 0 Å². The van der Waals surface area contributed by atoms with Crippen molar-refractivity contribution in [2.45, 2.75) is 58.4 Å². The van der Waals surface area contributed by atoms with Crippen LogP contribution in [-0.2, 0) is 6.42 Å². The van der Waals surface area contributed by atoms with E-state index in [9.17, 15) is 0 Å². The number of nitrogens with one attached hydrogen (secondary N) is 1. The Balaban J connectivity index is 1.77. The molecule has 17 heavy (non-hydrogen) atoms. The average molecular weight is 231 g/mol. The smallest absolute Gasteiger partial charge is 0.00671 e. The first-order valence-corrected chi connectivity index (χ1v) is 7.05. The van der Waals surface area contributed by atoms with Gasteiger partial charge in [0.2, 0.25) is 0 Å². The average Bonchev–Trinajstić information content (AvgIpc) is 2.33. The minimum absolute atomic E-state index is 0.787. The summed E-state index contributed by atoms with van der Waals surface area (Å²) in [5.74, 6) is 0. The predicted octanol–water partition coefficient (Wildman–Crippen LogP) is 3.77. The summed E-state index contributed by atoms with van der Waals surface area (Å²) in [6.07, 6.45) is 8.21. The van der Waals surface area contributed by atoms with Crippen molar-refractivity contribution in [1.29, 1.82) is 0 Å². The summed E-state index contributed by atoms with van der Waals surface area (Å²) < 4.78 is 0. The Morgan fingerprint density at radius 2 is 1.88 bits per heavy atom. The van der Waals surface area contributed by atoms with Crippen LogP contribution in [0.5, 0.6) is 0 Å². The Hall–Kier alpha value is -0.820. The molecule has 1 fully saturated rings. The lowest BCUT2D eigenvalue weighted by Gasteiger charge is -2.23. The van der Waals surface area contributed by atoms with Gasteiger partial charge >= 0.3 is 0 Å². The largest absolute Gasteiger partial charge is 0.314 e. The molecule has 2 rings (SSSR count). The maximum absolute atomic E-state index is 3.71. The van der Waals surface area contributed by atoms with E-state index in [0.717, 1.165) is 12.6 Å². The molecule has 0 saturated heterocycles. The van der Waals surface area contributed by atoms with Gasteiger partial charge in [-0.25, -0.2) is 0 Å². The van der Waals surface area contributed by atoms with Crippen molar-refractivity contribution in [3.8, 4) is 0 Å². The minimum Gasteiger partial charge on any atom is -0.314 e. The third kappa shape index (κ3) is 3.85. The molecule has 1 aromatic carbocycles. The van der Waals surface area contributed by atoms with Crippen LogP contribution in [0.2, 0.25) is 0 Å². The first kappa shape index (κ1) is 12.6. The highest BCUT2D eigenvalue weighted by atomic mass is 14.9. The number of aryl methyl sites for hydroxylation is 2. The molecule has 0 heterocycles. The Bertz CT molecular complexity index is 351. The fourth-order valence-corrected chi connectivity index (χ4v) is 2.84. The lowest BCUT2D eigenvalue weighted by atomic mass is 9.95. The molecule has 1 N–H and O–H groups in total. The van der Waals surface area contributed by atoms with Crippen LogP contribution in [0.3, 0.4) is 0 Å². The van der Waals surface area contributed by atoms with Gasteiger partial charge in [0.1, 0.15) is 0 Å². The van der Waals surface area contributed by atoms with E-state index < -0.39 is 0 Å². The predicted molar refractivity (Wildman–Crippen MR) is 74.5 cm³/mol. The molecule has 1 heteroatoms. The summed E-state index contributed by atoms with van der Waals surface area (Å²) in [4.78, 5) is 0. The van der Waals surface area contributed by atoms with Crippen molar-refractivity contribution < 1.29 is 0 Å². The normalized spacial score (nSPS) is 17.3. The fraction of sp³-hybridized carbons (Fsp3) is 0.625. The van der Waals surface area contributed by atoms with Crippen molar-refractivity contribution in [1.82, 2.24) is 5.32 Å². The van der Waals surface area contributed by atoms with E-state index in [4.69, 9.17) is 0 Å². The van der Waals surface area contributed by atoms with E-state index in [2.05, 4.69) is 37.4 Å². The first-order chi connectivity index (χ1) is 8.25. The van der Waals surface area contributed by atoms with Crippen LogP contribution in [0, 0.1) is 13.8 Å². The van der Waals surface area contributed by atoms with Crippen LogP contribution in [0.15, 0.2) is 18.2 Å². The number of hydrogen-bond acceptors (Lipinski definition) is 1. The van der Waals surface area contributed by atoms with Crippen LogP contribution in [0.4, 0.5) is 0 Å². The summed E-state index contributed by atoms with van der Waals surface area (Å²) in [5, 5.41) is 3.71. The van der Waals surface area contributed by atoms with Gasteiger partial charge in [-0.1, -0.05) is 43.0 Å². The highest BCUT2D eigenvalue weighted by Crippen LogP contribution is 2.17. The van der Waals surface area contributed by atoms with Gasteiger partial charge in [0, 0.05) is 6.04 Å². The van der Waals surface area contributed by atoms with E-state index in [1.54, 1.807) is 0 Å². The SMILES string of the molecule is Cc1ccc(CCNC2CCCCC2)c(C)c1. The first-order valence-electron chi connectivity index (χ1n) is 7.05. The molecule has 1 aliphatic carbocycles. The summed E-state index contributed by atoms with van der Waals surface area (Å²) in [6.45, 7) is 5.52. The second kappa shape index (κ2) is 6.20. The molecular formula is C16H25N. The van der Waals surface area contributed by atoms with Crippen molar-refractivity contribution >= 4 is 0 Å². The number of rotatable bonds is 4. The quantitative estimate of drug-likeness (QED) is 0.832. The molecule has 0 radical (unpaired) electrons. The van der Waals surface area contributed by atoms with E-state index in [1.165, 1.54) is 55.2 Å². The Kier molecular flexibility index (Phi) is 4.61. The summed E-state index contributed by atoms with van der Waals surface area (Å²) >= 11 is 0. The third-order valence-corrected chi connectivity index (χ3v) is 3.93. The minimum atomic E-state index is 0.787. The van der Waals surface area contributed by atoms with Gasteiger partial charge in [0.15, 0.2) is 0 Å². The highest BCUT2D eigenvalue weighted by Gasteiger charge is 2.11. The Labute approximate surface area is 106 Å². The fourth-order valence-electron chi connectivity index (χ4n) is 2.84. The molecule has 1 aromatic rings. The standard InChI is InChI=1S/C16H25N/c1-13-8-9-15(14(2)12-13)10-11-17-16-6-4-3-5-7-16/h8-9,12,16-17H,3-7,10-11H2,1-2H3. The molecule has 0 aliphatic heterocycles. The highest BCUT2D eigenvalue weighted by molar-refractivity contribution is 5.30. The van der Waals surface area contributed by atoms with Gasteiger partial charge in [-0.2, -0.15) is 0 Å². The molecule has 1 saturated carbocycles. The Morgan fingerprint density at radius 3 is 2.59 bits per heavy atom. The molecule has 1 aliphatic rings.